The van der Waals surface area contributed by atoms with E-state index in [-0.39, 0.29) is 0 Å². The van der Waals surface area contributed by atoms with Crippen LogP contribution < -0.4 is 0 Å². The Morgan fingerprint density at radius 3 is 2.94 bits per heavy atom. The first-order valence-electron chi connectivity index (χ1n) is 5.39. The van der Waals surface area contributed by atoms with Gasteiger partial charge >= 0.3 is 0 Å². The molecule has 0 aliphatic carbocycles. The van der Waals surface area contributed by atoms with Crippen molar-refractivity contribution in [2.45, 2.75) is 32.9 Å². The summed E-state index contributed by atoms with van der Waals surface area (Å²) in [4.78, 5) is 0.795. The summed E-state index contributed by atoms with van der Waals surface area (Å²) in [5.74, 6) is 0. The highest BCUT2D eigenvalue weighted by atomic mass is 79.9. The number of rotatable bonds is 4. The van der Waals surface area contributed by atoms with Gasteiger partial charge in [0.1, 0.15) is 6.10 Å². The minimum Gasteiger partial charge on any atom is -0.381 e. The molecule has 5 nitrogen and oxygen atoms in total. The fraction of sp³-hybridized carbons (Fsp3) is 0.500. The Morgan fingerprint density at radius 2 is 2.29 bits per heavy atom. The van der Waals surface area contributed by atoms with Gasteiger partial charge in [0.15, 0.2) is 0 Å². The van der Waals surface area contributed by atoms with E-state index in [1.807, 2.05) is 13.8 Å². The Bertz CT molecular complexity index is 510. The van der Waals surface area contributed by atoms with Crippen LogP contribution in [-0.4, -0.2) is 24.5 Å². The van der Waals surface area contributed by atoms with Gasteiger partial charge < -0.3 is 5.11 Å². The van der Waals surface area contributed by atoms with Gasteiger partial charge in [0.2, 0.25) is 0 Å². The van der Waals surface area contributed by atoms with E-state index in [4.69, 9.17) is 0 Å². The summed E-state index contributed by atoms with van der Waals surface area (Å²) in [7, 11) is 0. The zero-order chi connectivity index (χ0) is 12.4. The van der Waals surface area contributed by atoms with Crippen LogP contribution in [0.1, 0.15) is 36.2 Å². The molecule has 17 heavy (non-hydrogen) atoms. The van der Waals surface area contributed by atoms with E-state index >= 15 is 0 Å². The Morgan fingerprint density at radius 1 is 1.53 bits per heavy atom. The largest absolute Gasteiger partial charge is 0.381 e. The van der Waals surface area contributed by atoms with Crippen molar-refractivity contribution >= 4 is 27.5 Å². The molecule has 2 aromatic heterocycles. The standard InChI is InChI=1S/C10H13BrN4OS/c1-3-7-10(17-14-13-7)9(16)8-6(11)5-12-15(8)4-2/h5,9,16H,3-4H2,1-2H3. The molecule has 0 amide bonds. The highest BCUT2D eigenvalue weighted by Gasteiger charge is 2.23. The van der Waals surface area contributed by atoms with Crippen molar-refractivity contribution in [2.24, 2.45) is 0 Å². The third-order valence-electron chi connectivity index (χ3n) is 2.56. The number of aliphatic hydroxyl groups is 1. The monoisotopic (exact) mass is 316 g/mol. The second kappa shape index (κ2) is 5.24. The number of aromatic nitrogens is 4. The smallest absolute Gasteiger partial charge is 0.134 e. The predicted octanol–water partition coefficient (Wildman–Crippen LogP) is 2.16. The van der Waals surface area contributed by atoms with Crippen LogP contribution in [0.25, 0.3) is 0 Å². The lowest BCUT2D eigenvalue weighted by Crippen LogP contribution is -2.10. The van der Waals surface area contributed by atoms with E-state index < -0.39 is 6.10 Å². The lowest BCUT2D eigenvalue weighted by Gasteiger charge is -2.12. The normalized spacial score (nSPS) is 12.9. The molecule has 1 atom stereocenters. The third-order valence-corrected chi connectivity index (χ3v) is 3.99. The Kier molecular flexibility index (Phi) is 3.90. The molecule has 0 aliphatic rings. The predicted molar refractivity (Wildman–Crippen MR) is 68.9 cm³/mol. The molecular formula is C10H13BrN4OS. The molecule has 1 N–H and O–H groups in total. The molecule has 92 valence electrons. The Balaban J connectivity index is 2.43. The summed E-state index contributed by atoms with van der Waals surface area (Å²) < 4.78 is 6.48. The van der Waals surface area contributed by atoms with E-state index in [2.05, 4.69) is 30.6 Å². The zero-order valence-corrected chi connectivity index (χ0v) is 12.0. The molecule has 2 rings (SSSR count). The van der Waals surface area contributed by atoms with Gasteiger partial charge in [-0.25, -0.2) is 0 Å². The van der Waals surface area contributed by atoms with Crippen LogP contribution in [0, 0.1) is 0 Å². The lowest BCUT2D eigenvalue weighted by atomic mass is 10.1. The number of hydrogen-bond acceptors (Lipinski definition) is 5. The third kappa shape index (κ3) is 2.27. The maximum Gasteiger partial charge on any atom is 0.134 e. The second-order valence-electron chi connectivity index (χ2n) is 3.53. The number of nitrogens with zero attached hydrogens (tertiary/aromatic N) is 4. The summed E-state index contributed by atoms with van der Waals surface area (Å²) in [6.07, 6.45) is 1.74. The minimum atomic E-state index is -0.721. The highest BCUT2D eigenvalue weighted by molar-refractivity contribution is 9.10. The quantitative estimate of drug-likeness (QED) is 0.938. The molecule has 0 radical (unpaired) electrons. The van der Waals surface area contributed by atoms with E-state index in [0.29, 0.717) is 6.54 Å². The number of halogens is 1. The van der Waals surface area contributed by atoms with Gasteiger partial charge in [0.05, 0.1) is 26.9 Å². The van der Waals surface area contributed by atoms with Crippen molar-refractivity contribution in [1.29, 1.82) is 0 Å². The molecule has 2 aromatic rings. The number of hydrogen-bond donors (Lipinski definition) is 1. The van der Waals surface area contributed by atoms with Gasteiger partial charge in [-0.15, -0.1) is 5.10 Å². The molecule has 0 spiro atoms. The molecule has 0 saturated heterocycles. The van der Waals surface area contributed by atoms with Crippen LogP contribution in [0.2, 0.25) is 0 Å². The van der Waals surface area contributed by atoms with Crippen LogP contribution in [0.4, 0.5) is 0 Å². The molecule has 0 bridgehead atoms. The van der Waals surface area contributed by atoms with Gasteiger partial charge in [-0.05, 0) is 40.8 Å². The number of aryl methyl sites for hydroxylation is 2. The van der Waals surface area contributed by atoms with Crippen molar-refractivity contribution in [1.82, 2.24) is 19.4 Å². The fourth-order valence-electron chi connectivity index (χ4n) is 1.69. The second-order valence-corrected chi connectivity index (χ2v) is 5.17. The average molecular weight is 317 g/mol. The van der Waals surface area contributed by atoms with Gasteiger partial charge in [-0.3, -0.25) is 4.68 Å². The molecule has 0 saturated carbocycles. The van der Waals surface area contributed by atoms with Crippen LogP contribution in [0.3, 0.4) is 0 Å². The van der Waals surface area contributed by atoms with E-state index in [1.165, 1.54) is 11.5 Å². The average Bonchev–Trinajstić information content (AvgIpc) is 2.93. The summed E-state index contributed by atoms with van der Waals surface area (Å²) in [5.41, 5.74) is 1.60. The van der Waals surface area contributed by atoms with Crippen LogP contribution in [-0.2, 0) is 13.0 Å². The van der Waals surface area contributed by atoms with Gasteiger partial charge in [0.25, 0.3) is 0 Å². The van der Waals surface area contributed by atoms with Crippen molar-refractivity contribution in [3.05, 3.63) is 26.9 Å². The molecule has 0 fully saturated rings. The highest BCUT2D eigenvalue weighted by Crippen LogP contribution is 2.31. The van der Waals surface area contributed by atoms with Crippen molar-refractivity contribution < 1.29 is 5.11 Å². The Labute approximate surface area is 112 Å². The fourth-order valence-corrected chi connectivity index (χ4v) is 2.93. The summed E-state index contributed by atoms with van der Waals surface area (Å²) in [6, 6.07) is 0. The van der Waals surface area contributed by atoms with Crippen molar-refractivity contribution in [3.8, 4) is 0 Å². The minimum absolute atomic E-state index is 0.714. The first-order valence-corrected chi connectivity index (χ1v) is 6.96. The van der Waals surface area contributed by atoms with Crippen LogP contribution >= 0.6 is 27.5 Å². The molecule has 2 heterocycles. The first-order chi connectivity index (χ1) is 8.19. The summed E-state index contributed by atoms with van der Waals surface area (Å²) >= 11 is 4.65. The van der Waals surface area contributed by atoms with E-state index in [1.54, 1.807) is 10.9 Å². The lowest BCUT2D eigenvalue weighted by molar-refractivity contribution is 0.209. The SMILES string of the molecule is CCc1nnsc1C(O)c1c(Br)cnn1CC. The first kappa shape index (κ1) is 12.7. The van der Waals surface area contributed by atoms with Gasteiger partial charge in [-0.2, -0.15) is 5.10 Å². The molecule has 1 unspecified atom stereocenters. The maximum atomic E-state index is 10.4. The Hall–Kier alpha value is -0.790. The van der Waals surface area contributed by atoms with Crippen molar-refractivity contribution in [2.75, 3.05) is 0 Å². The van der Waals surface area contributed by atoms with Gasteiger partial charge in [0, 0.05) is 6.54 Å². The van der Waals surface area contributed by atoms with Crippen molar-refractivity contribution in [3.63, 3.8) is 0 Å². The van der Waals surface area contributed by atoms with Gasteiger partial charge in [-0.1, -0.05) is 11.4 Å². The molecule has 0 aromatic carbocycles. The molecular weight excluding hydrogens is 304 g/mol. The van der Waals surface area contributed by atoms with E-state index in [9.17, 15) is 5.11 Å². The maximum absolute atomic E-state index is 10.4. The molecule has 0 aliphatic heterocycles. The van der Waals surface area contributed by atoms with Crippen LogP contribution in [0.15, 0.2) is 10.7 Å². The molecule has 7 heteroatoms. The summed E-state index contributed by atoms with van der Waals surface area (Å²) in [5, 5.41) is 18.6. The topological polar surface area (TPSA) is 63.8 Å². The zero-order valence-electron chi connectivity index (χ0n) is 9.59. The van der Waals surface area contributed by atoms with Crippen LogP contribution in [0.5, 0.6) is 0 Å². The summed E-state index contributed by atoms with van der Waals surface area (Å²) in [6.45, 7) is 4.70. The number of aliphatic hydroxyl groups excluding tert-OH is 1. The van der Waals surface area contributed by atoms with E-state index in [0.717, 1.165) is 27.2 Å².